The van der Waals surface area contributed by atoms with Crippen molar-refractivity contribution in [1.82, 2.24) is 5.32 Å². The Balaban J connectivity index is 1.53. The predicted octanol–water partition coefficient (Wildman–Crippen LogP) is 5.73. The van der Waals surface area contributed by atoms with Crippen LogP contribution in [-0.4, -0.2) is 37.0 Å². The summed E-state index contributed by atoms with van der Waals surface area (Å²) in [6.45, 7) is 1.71. The third-order valence-electron chi connectivity index (χ3n) is 5.31. The van der Waals surface area contributed by atoms with Crippen molar-refractivity contribution >= 4 is 76.0 Å². The Morgan fingerprint density at radius 3 is 2.46 bits per heavy atom. The molecule has 12 heteroatoms. The molecule has 0 bridgehead atoms. The third-order valence-corrected chi connectivity index (χ3v) is 6.28. The zero-order chi connectivity index (χ0) is 28.1. The number of halogens is 3. The second kappa shape index (κ2) is 12.2. The van der Waals surface area contributed by atoms with Crippen LogP contribution in [0.15, 0.2) is 66.2 Å². The lowest BCUT2D eigenvalue weighted by Gasteiger charge is -2.26. The molecule has 1 saturated heterocycles. The molecule has 39 heavy (non-hydrogen) atoms. The van der Waals surface area contributed by atoms with E-state index in [1.54, 1.807) is 43.3 Å². The monoisotopic (exact) mass is 587 g/mol. The van der Waals surface area contributed by atoms with Gasteiger partial charge in [0.1, 0.15) is 5.57 Å². The zero-order valence-electron chi connectivity index (χ0n) is 20.3. The van der Waals surface area contributed by atoms with E-state index in [0.29, 0.717) is 26.3 Å². The van der Waals surface area contributed by atoms with Crippen LogP contribution < -0.4 is 25.0 Å². The molecule has 200 valence electrons. The molecule has 1 fully saturated rings. The highest BCUT2D eigenvalue weighted by molar-refractivity contribution is 6.42. The van der Waals surface area contributed by atoms with Crippen molar-refractivity contribution in [2.75, 3.05) is 23.4 Å². The molecule has 4 rings (SSSR count). The summed E-state index contributed by atoms with van der Waals surface area (Å²) >= 11 is 17.9. The number of hydrogen-bond acceptors (Lipinski definition) is 6. The van der Waals surface area contributed by atoms with Crippen molar-refractivity contribution in [3.05, 3.63) is 86.9 Å². The highest BCUT2D eigenvalue weighted by Gasteiger charge is 2.36. The molecule has 0 unspecified atom stereocenters. The largest absolute Gasteiger partial charge is 0.490 e. The fraction of sp³-hybridized carbons (Fsp3) is 0.111. The SMILES string of the molecule is CCOc1cc(/C=C2\C(=O)NC(=O)N(c3cccc(Cl)c3)C2=O)ccc1OCC(=O)Nc1ccc(Cl)c(Cl)c1. The van der Waals surface area contributed by atoms with Gasteiger partial charge in [-0.3, -0.25) is 19.7 Å². The maximum absolute atomic E-state index is 13.1. The standard InChI is InChI=1S/C27H20Cl3N3O6/c1-2-38-23-11-15(6-9-22(23)39-14-24(34)31-17-7-8-20(29)21(30)13-17)10-19-25(35)32-27(37)33(26(19)36)18-5-3-4-16(28)12-18/h3-13H,2,14H2,1H3,(H,31,34)(H,32,35,37)/b19-10+. The molecular weight excluding hydrogens is 569 g/mol. The van der Waals surface area contributed by atoms with Gasteiger partial charge in [-0.25, -0.2) is 9.69 Å². The average Bonchev–Trinajstić information content (AvgIpc) is 2.88. The van der Waals surface area contributed by atoms with Gasteiger partial charge in [-0.1, -0.05) is 46.9 Å². The molecular formula is C27H20Cl3N3O6. The van der Waals surface area contributed by atoms with Crippen molar-refractivity contribution < 1.29 is 28.7 Å². The van der Waals surface area contributed by atoms with E-state index < -0.39 is 23.8 Å². The highest BCUT2D eigenvalue weighted by Crippen LogP contribution is 2.31. The van der Waals surface area contributed by atoms with Crippen molar-refractivity contribution in [3.63, 3.8) is 0 Å². The summed E-state index contributed by atoms with van der Waals surface area (Å²) in [6, 6.07) is 14.6. The van der Waals surface area contributed by atoms with Gasteiger partial charge in [0.2, 0.25) is 0 Å². The summed E-state index contributed by atoms with van der Waals surface area (Å²) in [7, 11) is 0. The van der Waals surface area contributed by atoms with E-state index in [-0.39, 0.29) is 36.0 Å². The second-order valence-corrected chi connectivity index (χ2v) is 9.29. The van der Waals surface area contributed by atoms with Crippen LogP contribution in [0.4, 0.5) is 16.2 Å². The van der Waals surface area contributed by atoms with Gasteiger partial charge in [-0.2, -0.15) is 0 Å². The first-order chi connectivity index (χ1) is 18.7. The molecule has 5 amide bonds. The number of anilines is 2. The van der Waals surface area contributed by atoms with Gasteiger partial charge in [0, 0.05) is 10.7 Å². The molecule has 1 heterocycles. The number of nitrogens with one attached hydrogen (secondary N) is 2. The van der Waals surface area contributed by atoms with E-state index in [1.807, 2.05) is 0 Å². The number of carbonyl (C=O) groups excluding carboxylic acids is 4. The van der Waals surface area contributed by atoms with E-state index in [9.17, 15) is 19.2 Å². The lowest BCUT2D eigenvalue weighted by molar-refractivity contribution is -0.122. The van der Waals surface area contributed by atoms with Gasteiger partial charge in [-0.15, -0.1) is 0 Å². The lowest BCUT2D eigenvalue weighted by atomic mass is 10.1. The van der Waals surface area contributed by atoms with E-state index >= 15 is 0 Å². The minimum atomic E-state index is -0.887. The van der Waals surface area contributed by atoms with E-state index in [0.717, 1.165) is 4.90 Å². The summed E-state index contributed by atoms with van der Waals surface area (Å²) in [5.41, 5.74) is 0.809. The Bertz CT molecular complexity index is 1510. The van der Waals surface area contributed by atoms with Gasteiger partial charge in [0.15, 0.2) is 18.1 Å². The van der Waals surface area contributed by atoms with Crippen LogP contribution in [0.1, 0.15) is 12.5 Å². The summed E-state index contributed by atoms with van der Waals surface area (Å²) in [5, 5.41) is 5.78. The molecule has 3 aromatic carbocycles. The number of urea groups is 1. The summed E-state index contributed by atoms with van der Waals surface area (Å²) < 4.78 is 11.3. The number of carbonyl (C=O) groups is 4. The Morgan fingerprint density at radius 1 is 0.949 bits per heavy atom. The van der Waals surface area contributed by atoms with Crippen LogP contribution in [0, 0.1) is 0 Å². The van der Waals surface area contributed by atoms with Crippen molar-refractivity contribution in [3.8, 4) is 11.5 Å². The summed E-state index contributed by atoms with van der Waals surface area (Å²) in [5.74, 6) is -1.57. The number of barbiturate groups is 1. The van der Waals surface area contributed by atoms with Crippen LogP contribution in [0.5, 0.6) is 11.5 Å². The van der Waals surface area contributed by atoms with Gasteiger partial charge in [-0.05, 0) is 67.1 Å². The van der Waals surface area contributed by atoms with Crippen LogP contribution in [0.25, 0.3) is 6.08 Å². The van der Waals surface area contributed by atoms with Gasteiger partial charge in [0.25, 0.3) is 17.7 Å². The van der Waals surface area contributed by atoms with Gasteiger partial charge in [0.05, 0.1) is 22.3 Å². The third kappa shape index (κ3) is 6.69. The summed E-state index contributed by atoms with van der Waals surface area (Å²) in [4.78, 5) is 51.2. The Labute approximate surface area is 238 Å². The van der Waals surface area contributed by atoms with E-state index in [2.05, 4.69) is 10.6 Å². The zero-order valence-corrected chi connectivity index (χ0v) is 22.6. The Hall–Kier alpha value is -4.05. The molecule has 1 aliphatic rings. The summed E-state index contributed by atoms with van der Waals surface area (Å²) in [6.07, 6.45) is 1.32. The molecule has 9 nitrogen and oxygen atoms in total. The fourth-order valence-corrected chi connectivity index (χ4v) is 4.07. The second-order valence-electron chi connectivity index (χ2n) is 8.04. The Morgan fingerprint density at radius 2 is 1.74 bits per heavy atom. The average molecular weight is 589 g/mol. The first-order valence-corrected chi connectivity index (χ1v) is 12.6. The number of rotatable bonds is 8. The minimum absolute atomic E-state index is 0.210. The van der Waals surface area contributed by atoms with Crippen LogP contribution in [-0.2, 0) is 14.4 Å². The van der Waals surface area contributed by atoms with Crippen LogP contribution in [0.2, 0.25) is 15.1 Å². The van der Waals surface area contributed by atoms with Crippen molar-refractivity contribution in [1.29, 1.82) is 0 Å². The predicted molar refractivity (Wildman–Crippen MR) is 149 cm³/mol. The number of amides is 5. The molecule has 1 aliphatic heterocycles. The number of benzene rings is 3. The maximum atomic E-state index is 13.1. The number of ether oxygens (including phenoxy) is 2. The first kappa shape index (κ1) is 28.0. The normalized spacial score (nSPS) is 14.3. The first-order valence-electron chi connectivity index (χ1n) is 11.5. The number of imide groups is 2. The van der Waals surface area contributed by atoms with E-state index in [4.69, 9.17) is 44.3 Å². The minimum Gasteiger partial charge on any atom is -0.490 e. The van der Waals surface area contributed by atoms with Crippen molar-refractivity contribution in [2.24, 2.45) is 0 Å². The molecule has 0 atom stereocenters. The van der Waals surface area contributed by atoms with E-state index in [1.165, 1.54) is 30.3 Å². The fourth-order valence-electron chi connectivity index (χ4n) is 3.59. The molecule has 0 radical (unpaired) electrons. The van der Waals surface area contributed by atoms with Crippen molar-refractivity contribution in [2.45, 2.75) is 6.92 Å². The molecule has 3 aromatic rings. The van der Waals surface area contributed by atoms with Crippen LogP contribution in [0.3, 0.4) is 0 Å². The van der Waals surface area contributed by atoms with Gasteiger partial charge < -0.3 is 14.8 Å². The Kier molecular flexibility index (Phi) is 8.75. The number of hydrogen-bond donors (Lipinski definition) is 2. The molecule has 0 aliphatic carbocycles. The molecule has 0 spiro atoms. The van der Waals surface area contributed by atoms with Gasteiger partial charge >= 0.3 is 6.03 Å². The van der Waals surface area contributed by atoms with Crippen LogP contribution >= 0.6 is 34.8 Å². The smallest absolute Gasteiger partial charge is 0.335 e. The molecule has 2 N–H and O–H groups in total. The topological polar surface area (TPSA) is 114 Å². The lowest BCUT2D eigenvalue weighted by Crippen LogP contribution is -2.54. The highest BCUT2D eigenvalue weighted by atomic mass is 35.5. The number of nitrogens with zero attached hydrogens (tertiary/aromatic N) is 1. The maximum Gasteiger partial charge on any atom is 0.335 e. The molecule has 0 saturated carbocycles. The quantitative estimate of drug-likeness (QED) is 0.257. The molecule has 0 aromatic heterocycles.